The summed E-state index contributed by atoms with van der Waals surface area (Å²) in [4.78, 5) is 29.9. The number of benzene rings is 3. The molecule has 2 fully saturated rings. The summed E-state index contributed by atoms with van der Waals surface area (Å²) in [6, 6.07) is 17.4. The molecule has 1 saturated heterocycles. The van der Waals surface area contributed by atoms with E-state index in [0.29, 0.717) is 41.2 Å². The van der Waals surface area contributed by atoms with Gasteiger partial charge in [0.25, 0.3) is 5.91 Å². The van der Waals surface area contributed by atoms with E-state index in [1.807, 2.05) is 30.3 Å². The van der Waals surface area contributed by atoms with Gasteiger partial charge in [0, 0.05) is 30.2 Å². The first-order valence-corrected chi connectivity index (χ1v) is 16.4. The summed E-state index contributed by atoms with van der Waals surface area (Å²) in [5.41, 5.74) is -4.52. The van der Waals surface area contributed by atoms with Crippen molar-refractivity contribution in [2.24, 2.45) is 5.92 Å². The topological polar surface area (TPSA) is 156 Å². The van der Waals surface area contributed by atoms with Crippen LogP contribution in [0.3, 0.4) is 0 Å². The van der Waals surface area contributed by atoms with Crippen molar-refractivity contribution in [1.29, 1.82) is 0 Å². The van der Waals surface area contributed by atoms with Crippen molar-refractivity contribution in [3.8, 4) is 28.7 Å². The molecule has 12 heteroatoms. The zero-order valence-electron chi connectivity index (χ0n) is 28.6. The molecule has 0 radical (unpaired) electrons. The van der Waals surface area contributed by atoms with Crippen LogP contribution in [0.1, 0.15) is 55.7 Å². The Labute approximate surface area is 285 Å². The lowest BCUT2D eigenvalue weighted by molar-refractivity contribution is -0.168. The van der Waals surface area contributed by atoms with Crippen LogP contribution < -0.4 is 29.0 Å². The van der Waals surface area contributed by atoms with Gasteiger partial charge in [-0.1, -0.05) is 43.3 Å². The number of nitrogens with zero attached hydrogens (tertiary/aromatic N) is 1. The third-order valence-corrected chi connectivity index (χ3v) is 10.5. The number of nitrogens with one attached hydrogen (secondary N) is 1. The minimum Gasteiger partial charge on any atom is -0.496 e. The molecule has 6 rings (SSSR count). The standard InChI is InChI=1S/C37H44N2O10/c1-7-35(2,43)34(42)38-28-14-11-17-39(28)32(40)31-29(21-12-9-8-10-13-21)37(22-15-16-24(46-4)25(18-22)47-5)33(41)36(31,44)30-26(48-6)19-23(45-3)20-27(30)49-37/h8-10,12-13,15-16,18-20,28-29,31,33,41,43-44H,7,11,14,17H2,1-6H3,(H,38,42). The molecule has 3 aliphatic rings. The summed E-state index contributed by atoms with van der Waals surface area (Å²) in [6.45, 7) is 3.40. The highest BCUT2D eigenvalue weighted by Gasteiger charge is 2.76. The van der Waals surface area contributed by atoms with Crippen molar-refractivity contribution in [2.75, 3.05) is 35.0 Å². The van der Waals surface area contributed by atoms with Gasteiger partial charge in [-0.05, 0) is 43.9 Å². The van der Waals surface area contributed by atoms with E-state index in [1.54, 1.807) is 37.3 Å². The Morgan fingerprint density at radius 1 is 0.980 bits per heavy atom. The van der Waals surface area contributed by atoms with E-state index < -0.39 is 52.7 Å². The minimum atomic E-state index is -2.28. The number of carbonyl (C=O) groups excluding carboxylic acids is 2. The van der Waals surface area contributed by atoms with Crippen molar-refractivity contribution in [2.45, 2.75) is 68.1 Å². The van der Waals surface area contributed by atoms with Crippen molar-refractivity contribution >= 4 is 11.8 Å². The fourth-order valence-electron chi connectivity index (χ4n) is 7.82. The van der Waals surface area contributed by atoms with Gasteiger partial charge in [-0.15, -0.1) is 0 Å². The summed E-state index contributed by atoms with van der Waals surface area (Å²) in [5.74, 6) is -1.96. The zero-order chi connectivity index (χ0) is 35.3. The van der Waals surface area contributed by atoms with E-state index in [-0.39, 0.29) is 30.0 Å². The Kier molecular flexibility index (Phi) is 8.93. The first-order valence-electron chi connectivity index (χ1n) is 16.4. The molecule has 7 unspecified atom stereocenters. The molecular weight excluding hydrogens is 632 g/mol. The van der Waals surface area contributed by atoms with Crippen LogP contribution >= 0.6 is 0 Å². The van der Waals surface area contributed by atoms with Crippen molar-refractivity contribution in [3.05, 3.63) is 77.4 Å². The number of aliphatic hydroxyl groups excluding tert-OH is 1. The van der Waals surface area contributed by atoms with Crippen molar-refractivity contribution < 1.29 is 48.6 Å². The molecule has 7 atom stereocenters. The number of carbonyl (C=O) groups is 2. The van der Waals surface area contributed by atoms with E-state index in [4.69, 9.17) is 23.7 Å². The van der Waals surface area contributed by atoms with Crippen LogP contribution in [0.25, 0.3) is 0 Å². The molecule has 262 valence electrons. The molecule has 1 aliphatic carbocycles. The summed E-state index contributed by atoms with van der Waals surface area (Å²) < 4.78 is 29.4. The van der Waals surface area contributed by atoms with Gasteiger partial charge in [-0.3, -0.25) is 9.59 Å². The first-order chi connectivity index (χ1) is 23.4. The lowest BCUT2D eigenvalue weighted by Gasteiger charge is -2.45. The highest BCUT2D eigenvalue weighted by atomic mass is 16.5. The molecule has 0 aromatic heterocycles. The van der Waals surface area contributed by atoms with E-state index in [1.165, 1.54) is 40.3 Å². The zero-order valence-corrected chi connectivity index (χ0v) is 28.6. The van der Waals surface area contributed by atoms with Crippen LogP contribution in [-0.4, -0.2) is 84.9 Å². The van der Waals surface area contributed by atoms with Crippen molar-refractivity contribution in [1.82, 2.24) is 10.2 Å². The van der Waals surface area contributed by atoms with Gasteiger partial charge in [-0.2, -0.15) is 0 Å². The number of likely N-dealkylation sites (tertiary alicyclic amines) is 1. The third kappa shape index (κ3) is 5.15. The number of methoxy groups -OCH3 is 4. The lowest BCUT2D eigenvalue weighted by Crippen LogP contribution is -2.57. The molecule has 4 N–H and O–H groups in total. The van der Waals surface area contributed by atoms with Crippen LogP contribution in [0, 0.1) is 5.92 Å². The molecule has 1 saturated carbocycles. The predicted octanol–water partition coefficient (Wildman–Crippen LogP) is 3.20. The minimum absolute atomic E-state index is 0.102. The maximum absolute atomic E-state index is 15.2. The van der Waals surface area contributed by atoms with E-state index in [2.05, 4.69) is 5.32 Å². The molecule has 2 aliphatic heterocycles. The number of hydrogen-bond donors (Lipinski definition) is 4. The highest BCUT2D eigenvalue weighted by Crippen LogP contribution is 2.68. The Balaban J connectivity index is 1.62. The van der Waals surface area contributed by atoms with Crippen LogP contribution in [-0.2, 0) is 20.8 Å². The number of rotatable bonds is 10. The normalized spacial score (nSPS) is 28.1. The monoisotopic (exact) mass is 676 g/mol. The molecule has 2 amide bonds. The number of aliphatic hydroxyl groups is 3. The molecule has 0 spiro atoms. The number of hydrogen-bond acceptors (Lipinski definition) is 10. The Bertz CT molecular complexity index is 1730. The van der Waals surface area contributed by atoms with Gasteiger partial charge in [-0.25, -0.2) is 0 Å². The molecule has 3 aromatic carbocycles. The molecule has 2 bridgehead atoms. The Hall–Kier alpha value is -4.52. The Morgan fingerprint density at radius 3 is 2.31 bits per heavy atom. The van der Waals surface area contributed by atoms with E-state index >= 15 is 4.79 Å². The summed E-state index contributed by atoms with van der Waals surface area (Å²) in [6.07, 6.45) is -1.29. The average Bonchev–Trinajstić information content (AvgIpc) is 3.63. The fraction of sp³-hybridized carbons (Fsp3) is 0.459. The number of fused-ring (bicyclic) bond motifs is 4. The second-order valence-corrected chi connectivity index (χ2v) is 13.1. The number of ether oxygens (including phenoxy) is 5. The van der Waals surface area contributed by atoms with Crippen LogP contribution in [0.15, 0.2) is 60.7 Å². The van der Waals surface area contributed by atoms with Gasteiger partial charge in [0.2, 0.25) is 5.91 Å². The van der Waals surface area contributed by atoms with Gasteiger partial charge in [0.15, 0.2) is 17.1 Å². The molecule has 49 heavy (non-hydrogen) atoms. The smallest absolute Gasteiger partial charge is 0.253 e. The molecule has 12 nitrogen and oxygen atoms in total. The lowest BCUT2D eigenvalue weighted by atomic mass is 9.75. The van der Waals surface area contributed by atoms with Crippen LogP contribution in [0.5, 0.6) is 28.7 Å². The maximum atomic E-state index is 15.2. The maximum Gasteiger partial charge on any atom is 0.253 e. The Morgan fingerprint density at radius 2 is 1.67 bits per heavy atom. The van der Waals surface area contributed by atoms with E-state index in [9.17, 15) is 20.1 Å². The largest absolute Gasteiger partial charge is 0.496 e. The predicted molar refractivity (Wildman–Crippen MR) is 178 cm³/mol. The molecule has 2 heterocycles. The second-order valence-electron chi connectivity index (χ2n) is 13.1. The summed E-state index contributed by atoms with van der Waals surface area (Å²) in [7, 11) is 5.92. The summed E-state index contributed by atoms with van der Waals surface area (Å²) >= 11 is 0. The quantitative estimate of drug-likeness (QED) is 0.252. The first kappa shape index (κ1) is 34.3. The van der Waals surface area contributed by atoms with Gasteiger partial charge in [0.05, 0.1) is 39.9 Å². The molecule has 3 aromatic rings. The van der Waals surface area contributed by atoms with Gasteiger partial charge < -0.3 is 49.2 Å². The van der Waals surface area contributed by atoms with Crippen LogP contribution in [0.2, 0.25) is 0 Å². The van der Waals surface area contributed by atoms with Gasteiger partial charge >= 0.3 is 0 Å². The van der Waals surface area contributed by atoms with Crippen molar-refractivity contribution in [3.63, 3.8) is 0 Å². The van der Waals surface area contributed by atoms with E-state index in [0.717, 1.165) is 0 Å². The van der Waals surface area contributed by atoms with Gasteiger partial charge in [0.1, 0.15) is 40.7 Å². The second kappa shape index (κ2) is 12.7. The summed E-state index contributed by atoms with van der Waals surface area (Å²) in [5, 5.41) is 39.5. The average molecular weight is 677 g/mol. The molecular formula is C37H44N2O10. The fourth-order valence-corrected chi connectivity index (χ4v) is 7.82. The number of amides is 2. The van der Waals surface area contributed by atoms with Crippen LogP contribution in [0.4, 0.5) is 0 Å². The highest BCUT2D eigenvalue weighted by molar-refractivity contribution is 5.87. The third-order valence-electron chi connectivity index (χ3n) is 10.5. The SMILES string of the molecule is CCC(C)(O)C(=O)NC1CCCN1C(=O)C1C(c2ccccc2)C2(c3ccc(OC)c(OC)c3)Oc3cc(OC)cc(OC)c3C1(O)C2O.